The first-order valence-electron chi connectivity index (χ1n) is 6.99. The zero-order chi connectivity index (χ0) is 16.4. The predicted octanol–water partition coefficient (Wildman–Crippen LogP) is 4.73. The average molecular weight is 346 g/mol. The van der Waals surface area contributed by atoms with E-state index in [1.54, 1.807) is 24.4 Å². The predicted molar refractivity (Wildman–Crippen MR) is 95.1 cm³/mol. The maximum atomic E-state index is 12.5. The number of amides is 1. The Morgan fingerprint density at radius 2 is 1.87 bits per heavy atom. The summed E-state index contributed by atoms with van der Waals surface area (Å²) in [5, 5.41) is 6.63. The van der Waals surface area contributed by atoms with Gasteiger partial charge in [0.05, 0.1) is 27.1 Å². The van der Waals surface area contributed by atoms with Crippen LogP contribution in [0.15, 0.2) is 58.6 Å². The van der Waals surface area contributed by atoms with Crippen molar-refractivity contribution >= 4 is 52.4 Å². The van der Waals surface area contributed by atoms with Gasteiger partial charge in [-0.05, 0) is 37.3 Å². The van der Waals surface area contributed by atoms with Crippen molar-refractivity contribution in [2.45, 2.75) is 6.92 Å². The monoisotopic (exact) mass is 345 g/mol. The number of hydrogen-bond donors (Lipinski definition) is 0. The molecule has 0 bridgehead atoms. The van der Waals surface area contributed by atoms with Crippen LogP contribution in [0.2, 0.25) is 10.0 Å². The highest BCUT2D eigenvalue weighted by Gasteiger charge is 2.33. The number of para-hydroxylation sites is 1. The summed E-state index contributed by atoms with van der Waals surface area (Å²) in [7, 11) is 0. The van der Waals surface area contributed by atoms with E-state index in [4.69, 9.17) is 23.2 Å². The largest absolute Gasteiger partial charge is 0.271 e. The molecule has 1 aliphatic heterocycles. The van der Waals surface area contributed by atoms with E-state index in [2.05, 4.69) is 10.1 Å². The van der Waals surface area contributed by atoms with Gasteiger partial charge in [-0.25, -0.2) is 0 Å². The van der Waals surface area contributed by atoms with Crippen LogP contribution in [0.25, 0.3) is 0 Å². The van der Waals surface area contributed by atoms with Crippen molar-refractivity contribution in [3.05, 3.63) is 58.6 Å². The summed E-state index contributed by atoms with van der Waals surface area (Å²) in [5.41, 5.74) is 2.07. The molecule has 0 fully saturated rings. The number of rotatable bonds is 3. The Kier molecular flexibility index (Phi) is 4.46. The molecule has 0 aromatic heterocycles. The summed E-state index contributed by atoms with van der Waals surface area (Å²) in [6.07, 6.45) is 1.59. The number of halogens is 2. The minimum absolute atomic E-state index is 0.127. The topological polar surface area (TPSA) is 45.0 Å². The smallest absolute Gasteiger partial charge is 0.261 e. The maximum absolute atomic E-state index is 12.5. The molecule has 0 saturated carbocycles. The molecule has 116 valence electrons. The third-order valence-corrected chi connectivity index (χ3v) is 4.20. The van der Waals surface area contributed by atoms with Crippen molar-refractivity contribution in [2.75, 3.05) is 5.01 Å². The Morgan fingerprint density at radius 3 is 2.57 bits per heavy atom. The van der Waals surface area contributed by atoms with E-state index >= 15 is 0 Å². The number of anilines is 1. The zero-order valence-corrected chi connectivity index (χ0v) is 13.8. The van der Waals surface area contributed by atoms with Crippen LogP contribution >= 0.6 is 23.2 Å². The molecule has 0 aliphatic carbocycles. The Balaban J connectivity index is 1.81. The van der Waals surface area contributed by atoms with E-state index in [9.17, 15) is 4.79 Å². The molecule has 0 N–H and O–H groups in total. The van der Waals surface area contributed by atoms with Gasteiger partial charge in [0.25, 0.3) is 5.91 Å². The molecular formula is C17H13Cl2N3O. The lowest BCUT2D eigenvalue weighted by Gasteiger charge is -2.12. The standard InChI is InChI=1S/C17H13Cl2N3O/c1-11-14(10-20-12-7-8-15(18)16(19)9-12)17(23)22(21-11)13-5-3-2-4-6-13/h2-10,14H,1H3/t14-/m0/s1. The van der Waals surface area contributed by atoms with Gasteiger partial charge in [-0.3, -0.25) is 9.79 Å². The second kappa shape index (κ2) is 6.52. The van der Waals surface area contributed by atoms with Crippen LogP contribution in [0.5, 0.6) is 0 Å². The molecule has 0 spiro atoms. The van der Waals surface area contributed by atoms with E-state index < -0.39 is 5.92 Å². The summed E-state index contributed by atoms with van der Waals surface area (Å²) in [6.45, 7) is 1.81. The van der Waals surface area contributed by atoms with Gasteiger partial charge < -0.3 is 0 Å². The van der Waals surface area contributed by atoms with Crippen LogP contribution in [0, 0.1) is 5.92 Å². The van der Waals surface area contributed by atoms with Crippen molar-refractivity contribution in [3.63, 3.8) is 0 Å². The van der Waals surface area contributed by atoms with Crippen molar-refractivity contribution in [1.82, 2.24) is 0 Å². The Hall–Kier alpha value is -2.17. The summed E-state index contributed by atoms with van der Waals surface area (Å²) < 4.78 is 0. The molecular weight excluding hydrogens is 333 g/mol. The molecule has 23 heavy (non-hydrogen) atoms. The SMILES string of the molecule is CC1=NN(c2ccccc2)C(=O)[C@H]1C=Nc1ccc(Cl)c(Cl)c1. The van der Waals surface area contributed by atoms with Crippen molar-refractivity contribution < 1.29 is 4.79 Å². The van der Waals surface area contributed by atoms with Crippen LogP contribution in [0.4, 0.5) is 11.4 Å². The van der Waals surface area contributed by atoms with Crippen molar-refractivity contribution in [2.24, 2.45) is 16.0 Å². The Labute approximate surface area is 144 Å². The van der Waals surface area contributed by atoms with Gasteiger partial charge in [0.15, 0.2) is 0 Å². The molecule has 1 amide bonds. The number of nitrogens with zero attached hydrogens (tertiary/aromatic N) is 3. The first kappa shape index (κ1) is 15.7. The number of carbonyl (C=O) groups excluding carboxylic acids is 1. The van der Waals surface area contributed by atoms with Gasteiger partial charge in [0, 0.05) is 6.21 Å². The fourth-order valence-electron chi connectivity index (χ4n) is 2.23. The number of hydrazone groups is 1. The first-order valence-corrected chi connectivity index (χ1v) is 7.75. The Bertz CT molecular complexity index is 803. The number of hydrogen-bond acceptors (Lipinski definition) is 3. The summed E-state index contributed by atoms with van der Waals surface area (Å²) in [5.74, 6) is -0.609. The van der Waals surface area contributed by atoms with E-state index in [1.165, 1.54) is 5.01 Å². The van der Waals surface area contributed by atoms with Crippen LogP contribution in [-0.2, 0) is 4.79 Å². The lowest BCUT2D eigenvalue weighted by Crippen LogP contribution is -2.27. The van der Waals surface area contributed by atoms with Gasteiger partial charge in [-0.1, -0.05) is 41.4 Å². The number of benzene rings is 2. The molecule has 0 unspecified atom stereocenters. The van der Waals surface area contributed by atoms with Crippen LogP contribution in [0.3, 0.4) is 0 Å². The first-order chi connectivity index (χ1) is 11.1. The van der Waals surface area contributed by atoms with E-state index in [-0.39, 0.29) is 5.91 Å². The fourth-order valence-corrected chi connectivity index (χ4v) is 2.52. The lowest BCUT2D eigenvalue weighted by atomic mass is 10.1. The van der Waals surface area contributed by atoms with E-state index in [1.807, 2.05) is 37.3 Å². The maximum Gasteiger partial charge on any atom is 0.261 e. The third-order valence-electron chi connectivity index (χ3n) is 3.46. The molecule has 1 heterocycles. The van der Waals surface area contributed by atoms with Gasteiger partial charge in [-0.15, -0.1) is 0 Å². The van der Waals surface area contributed by atoms with Crippen molar-refractivity contribution in [3.8, 4) is 0 Å². The molecule has 3 rings (SSSR count). The summed E-state index contributed by atoms with van der Waals surface area (Å²) >= 11 is 11.8. The van der Waals surface area contributed by atoms with Gasteiger partial charge in [0.2, 0.25) is 0 Å². The van der Waals surface area contributed by atoms with Crippen LogP contribution < -0.4 is 5.01 Å². The lowest BCUT2D eigenvalue weighted by molar-refractivity contribution is -0.118. The third kappa shape index (κ3) is 3.28. The average Bonchev–Trinajstić information content (AvgIpc) is 2.84. The normalized spacial score (nSPS) is 17.9. The van der Waals surface area contributed by atoms with Crippen LogP contribution in [0.1, 0.15) is 6.92 Å². The molecule has 0 saturated heterocycles. The van der Waals surface area contributed by atoms with Gasteiger partial charge >= 0.3 is 0 Å². The zero-order valence-electron chi connectivity index (χ0n) is 12.3. The number of carbonyl (C=O) groups is 1. The molecule has 1 atom stereocenters. The molecule has 0 radical (unpaired) electrons. The highest BCUT2D eigenvalue weighted by atomic mass is 35.5. The van der Waals surface area contributed by atoms with Crippen LogP contribution in [-0.4, -0.2) is 17.8 Å². The van der Waals surface area contributed by atoms with Gasteiger partial charge in [0.1, 0.15) is 5.92 Å². The number of aliphatic imine (C=N–C) groups is 1. The summed E-state index contributed by atoms with van der Waals surface area (Å²) in [6, 6.07) is 14.4. The quantitative estimate of drug-likeness (QED) is 0.741. The second-order valence-electron chi connectivity index (χ2n) is 5.08. The molecule has 4 nitrogen and oxygen atoms in total. The fraction of sp³-hybridized carbons (Fsp3) is 0.118. The minimum Gasteiger partial charge on any atom is -0.271 e. The summed E-state index contributed by atoms with van der Waals surface area (Å²) in [4.78, 5) is 16.9. The Morgan fingerprint density at radius 1 is 1.13 bits per heavy atom. The second-order valence-corrected chi connectivity index (χ2v) is 5.90. The highest BCUT2D eigenvalue weighted by molar-refractivity contribution is 6.42. The highest BCUT2D eigenvalue weighted by Crippen LogP contribution is 2.27. The van der Waals surface area contributed by atoms with E-state index in [0.717, 1.165) is 5.69 Å². The van der Waals surface area contributed by atoms with Crippen molar-refractivity contribution in [1.29, 1.82) is 0 Å². The molecule has 6 heteroatoms. The molecule has 2 aromatic rings. The minimum atomic E-state index is -0.482. The molecule has 1 aliphatic rings. The van der Waals surface area contributed by atoms with E-state index in [0.29, 0.717) is 21.4 Å². The van der Waals surface area contributed by atoms with Gasteiger partial charge in [-0.2, -0.15) is 10.1 Å². The molecule has 2 aromatic carbocycles.